The molecular formula is C20H20N6S. The van der Waals surface area contributed by atoms with Crippen molar-refractivity contribution in [3.63, 3.8) is 0 Å². The average Bonchev–Trinajstić information content (AvgIpc) is 3.44. The molecule has 2 aromatic heterocycles. The molecule has 1 atom stereocenters. The summed E-state index contributed by atoms with van der Waals surface area (Å²) in [5.41, 5.74) is 11.4. The van der Waals surface area contributed by atoms with Gasteiger partial charge in [0, 0.05) is 23.5 Å². The quantitative estimate of drug-likeness (QED) is 0.497. The van der Waals surface area contributed by atoms with Gasteiger partial charge in [-0.3, -0.25) is 5.10 Å². The van der Waals surface area contributed by atoms with Crippen molar-refractivity contribution in [2.75, 3.05) is 11.9 Å². The fourth-order valence-corrected chi connectivity index (χ4v) is 4.50. The summed E-state index contributed by atoms with van der Waals surface area (Å²) in [5, 5.41) is 21.8. The predicted octanol–water partition coefficient (Wildman–Crippen LogP) is 3.24. The van der Waals surface area contributed by atoms with E-state index >= 15 is 0 Å². The van der Waals surface area contributed by atoms with E-state index < -0.39 is 0 Å². The first-order chi connectivity index (χ1) is 13.3. The van der Waals surface area contributed by atoms with Crippen LogP contribution >= 0.6 is 11.3 Å². The van der Waals surface area contributed by atoms with Gasteiger partial charge in [0.25, 0.3) is 0 Å². The van der Waals surface area contributed by atoms with Gasteiger partial charge in [0.1, 0.15) is 5.01 Å². The van der Waals surface area contributed by atoms with Crippen molar-refractivity contribution in [2.45, 2.75) is 18.9 Å². The zero-order chi connectivity index (χ0) is 18.2. The van der Waals surface area contributed by atoms with Crippen molar-refractivity contribution in [1.82, 2.24) is 20.4 Å². The van der Waals surface area contributed by atoms with Crippen molar-refractivity contribution < 1.29 is 0 Å². The number of aromatic nitrogens is 4. The molecule has 2 aromatic carbocycles. The summed E-state index contributed by atoms with van der Waals surface area (Å²) in [7, 11) is 0. The van der Waals surface area contributed by atoms with E-state index in [9.17, 15) is 0 Å². The highest BCUT2D eigenvalue weighted by Crippen LogP contribution is 2.30. The standard InChI is InChI=1S/C20H20N6S/c21-17(15-7-12-3-1-2-4-13(12)8-15)11-22-20-26-25-19(27-20)14-5-6-18-16(9-14)10-23-24-18/h1-6,9-10,15,17H,7-8,11,21H2,(H,22,26)(H,23,24)/t17-/m1/s1. The molecule has 6 nitrogen and oxygen atoms in total. The second-order valence-corrected chi connectivity index (χ2v) is 8.04. The zero-order valence-electron chi connectivity index (χ0n) is 14.7. The average molecular weight is 376 g/mol. The largest absolute Gasteiger partial charge is 0.359 e. The zero-order valence-corrected chi connectivity index (χ0v) is 15.5. The topological polar surface area (TPSA) is 92.5 Å². The van der Waals surface area contributed by atoms with Gasteiger partial charge in [-0.15, -0.1) is 10.2 Å². The lowest BCUT2D eigenvalue weighted by molar-refractivity contribution is 0.454. The number of rotatable bonds is 5. The van der Waals surface area contributed by atoms with Gasteiger partial charge in [0.2, 0.25) is 5.13 Å². The summed E-state index contributed by atoms with van der Waals surface area (Å²) in [6.07, 6.45) is 3.94. The van der Waals surface area contributed by atoms with Gasteiger partial charge < -0.3 is 11.1 Å². The first-order valence-corrected chi connectivity index (χ1v) is 9.91. The maximum absolute atomic E-state index is 6.46. The molecule has 136 valence electrons. The molecule has 5 rings (SSSR count). The van der Waals surface area contributed by atoms with Crippen LogP contribution in [0.1, 0.15) is 11.1 Å². The van der Waals surface area contributed by atoms with Crippen LogP contribution in [-0.4, -0.2) is 33.0 Å². The summed E-state index contributed by atoms with van der Waals surface area (Å²) in [6.45, 7) is 0.702. The Kier molecular flexibility index (Phi) is 4.10. The minimum Gasteiger partial charge on any atom is -0.359 e. The van der Waals surface area contributed by atoms with Crippen LogP contribution in [-0.2, 0) is 12.8 Å². The van der Waals surface area contributed by atoms with E-state index in [-0.39, 0.29) is 6.04 Å². The van der Waals surface area contributed by atoms with Crippen molar-refractivity contribution in [1.29, 1.82) is 0 Å². The summed E-state index contributed by atoms with van der Waals surface area (Å²) >= 11 is 1.55. The lowest BCUT2D eigenvalue weighted by atomic mass is 9.97. The Labute approximate surface area is 160 Å². The molecule has 0 amide bonds. The summed E-state index contributed by atoms with van der Waals surface area (Å²) in [4.78, 5) is 0. The lowest BCUT2D eigenvalue weighted by Gasteiger charge is -2.18. The molecule has 0 fully saturated rings. The number of anilines is 1. The van der Waals surface area contributed by atoms with E-state index in [0.29, 0.717) is 12.5 Å². The van der Waals surface area contributed by atoms with Gasteiger partial charge in [-0.1, -0.05) is 35.6 Å². The van der Waals surface area contributed by atoms with E-state index in [0.717, 1.165) is 39.4 Å². The molecule has 0 spiro atoms. The highest BCUT2D eigenvalue weighted by atomic mass is 32.1. The molecule has 4 N–H and O–H groups in total. The fourth-order valence-electron chi connectivity index (χ4n) is 3.75. The van der Waals surface area contributed by atoms with Crippen LogP contribution in [0.15, 0.2) is 48.7 Å². The van der Waals surface area contributed by atoms with E-state index in [1.807, 2.05) is 18.3 Å². The van der Waals surface area contributed by atoms with E-state index in [1.54, 1.807) is 11.3 Å². The smallest absolute Gasteiger partial charge is 0.206 e. The Balaban J connectivity index is 1.23. The number of nitrogens with one attached hydrogen (secondary N) is 2. The minimum atomic E-state index is 0.0898. The molecule has 7 heteroatoms. The second-order valence-electron chi connectivity index (χ2n) is 7.07. The number of hydrogen-bond donors (Lipinski definition) is 3. The third kappa shape index (κ3) is 3.20. The maximum Gasteiger partial charge on any atom is 0.206 e. The summed E-state index contributed by atoms with van der Waals surface area (Å²) < 4.78 is 0. The Bertz CT molecular complexity index is 1060. The van der Waals surface area contributed by atoms with Gasteiger partial charge in [0.15, 0.2) is 0 Å². The summed E-state index contributed by atoms with van der Waals surface area (Å²) in [5.74, 6) is 0.478. The number of aromatic amines is 1. The molecule has 1 aliphatic carbocycles. The number of hydrogen-bond acceptors (Lipinski definition) is 6. The molecule has 27 heavy (non-hydrogen) atoms. The monoisotopic (exact) mass is 376 g/mol. The van der Waals surface area contributed by atoms with Crippen molar-refractivity contribution in [3.8, 4) is 10.6 Å². The molecule has 0 saturated carbocycles. The third-order valence-corrected chi connectivity index (χ3v) is 6.22. The van der Waals surface area contributed by atoms with Crippen LogP contribution in [0.4, 0.5) is 5.13 Å². The van der Waals surface area contributed by atoms with Gasteiger partial charge >= 0.3 is 0 Å². The van der Waals surface area contributed by atoms with E-state index in [2.05, 4.69) is 56.0 Å². The molecule has 2 heterocycles. The number of fused-ring (bicyclic) bond motifs is 2. The van der Waals surface area contributed by atoms with Crippen molar-refractivity contribution in [2.24, 2.45) is 11.7 Å². The fraction of sp³-hybridized carbons (Fsp3) is 0.250. The number of nitrogens with two attached hydrogens (primary N) is 1. The SMILES string of the molecule is N[C@H](CNc1nnc(-c2ccc3[nH]ncc3c2)s1)C1Cc2ccccc2C1. The molecule has 0 bridgehead atoms. The van der Waals surface area contributed by atoms with Crippen LogP contribution in [0, 0.1) is 5.92 Å². The van der Waals surface area contributed by atoms with Gasteiger partial charge in [-0.2, -0.15) is 5.10 Å². The molecule has 0 unspecified atom stereocenters. The Morgan fingerprint density at radius 1 is 1.15 bits per heavy atom. The normalized spacial score (nSPS) is 15.1. The molecular weight excluding hydrogens is 356 g/mol. The maximum atomic E-state index is 6.46. The van der Waals surface area contributed by atoms with Crippen molar-refractivity contribution in [3.05, 3.63) is 59.8 Å². The highest BCUT2D eigenvalue weighted by Gasteiger charge is 2.26. The Morgan fingerprint density at radius 3 is 2.78 bits per heavy atom. The predicted molar refractivity (Wildman–Crippen MR) is 109 cm³/mol. The summed E-state index contributed by atoms with van der Waals surface area (Å²) in [6, 6.07) is 14.8. The van der Waals surface area contributed by atoms with Gasteiger partial charge in [-0.25, -0.2) is 0 Å². The first-order valence-electron chi connectivity index (χ1n) is 9.09. The van der Waals surface area contributed by atoms with Gasteiger partial charge in [0.05, 0.1) is 11.7 Å². The molecule has 0 saturated heterocycles. The minimum absolute atomic E-state index is 0.0898. The lowest BCUT2D eigenvalue weighted by Crippen LogP contribution is -2.37. The highest BCUT2D eigenvalue weighted by molar-refractivity contribution is 7.18. The Hall–Kier alpha value is -2.77. The van der Waals surface area contributed by atoms with Crippen LogP contribution in [0.2, 0.25) is 0 Å². The second kappa shape index (κ2) is 6.75. The Morgan fingerprint density at radius 2 is 1.96 bits per heavy atom. The molecule has 0 radical (unpaired) electrons. The van der Waals surface area contributed by atoms with Crippen LogP contribution in [0.3, 0.4) is 0 Å². The molecule has 1 aliphatic rings. The number of benzene rings is 2. The van der Waals surface area contributed by atoms with Crippen molar-refractivity contribution >= 4 is 27.4 Å². The van der Waals surface area contributed by atoms with Crippen LogP contribution in [0.25, 0.3) is 21.5 Å². The van der Waals surface area contributed by atoms with Gasteiger partial charge in [-0.05, 0) is 48.1 Å². The van der Waals surface area contributed by atoms with Crippen LogP contribution < -0.4 is 11.1 Å². The van der Waals surface area contributed by atoms with E-state index in [4.69, 9.17) is 5.73 Å². The first kappa shape index (κ1) is 16.4. The number of H-pyrrole nitrogens is 1. The molecule has 0 aliphatic heterocycles. The number of nitrogens with zero attached hydrogens (tertiary/aromatic N) is 3. The third-order valence-electron chi connectivity index (χ3n) is 5.29. The van der Waals surface area contributed by atoms with E-state index in [1.165, 1.54) is 11.1 Å². The molecule has 4 aromatic rings. The van der Waals surface area contributed by atoms with Crippen LogP contribution in [0.5, 0.6) is 0 Å².